The molecule has 4 nitrogen and oxygen atoms in total. The quantitative estimate of drug-likeness (QED) is 0.918. The first kappa shape index (κ1) is 12.0. The summed E-state index contributed by atoms with van der Waals surface area (Å²) in [5.41, 5.74) is 4.35. The Morgan fingerprint density at radius 2 is 2.16 bits per heavy atom. The van der Waals surface area contributed by atoms with E-state index < -0.39 is 5.97 Å². The van der Waals surface area contributed by atoms with Crippen molar-refractivity contribution < 1.29 is 14.3 Å². The van der Waals surface area contributed by atoms with E-state index in [1.807, 2.05) is 6.07 Å². The van der Waals surface area contributed by atoms with Crippen LogP contribution in [0.25, 0.3) is 11.3 Å². The summed E-state index contributed by atoms with van der Waals surface area (Å²) in [7, 11) is 0. The molecule has 3 rings (SSSR count). The third-order valence-electron chi connectivity index (χ3n) is 3.49. The molecule has 4 heteroatoms. The number of rotatable bonds is 3. The van der Waals surface area contributed by atoms with Gasteiger partial charge in [-0.15, -0.1) is 0 Å². The number of benzene rings is 1. The summed E-state index contributed by atoms with van der Waals surface area (Å²) in [6, 6.07) is 6.24. The highest BCUT2D eigenvalue weighted by molar-refractivity contribution is 5.73. The lowest BCUT2D eigenvalue weighted by atomic mass is 10.0. The average molecular weight is 257 g/mol. The normalized spacial score (nSPS) is 13.5. The Hall–Kier alpha value is -2.10. The fourth-order valence-corrected chi connectivity index (χ4v) is 2.67. The highest BCUT2D eigenvalue weighted by Crippen LogP contribution is 2.30. The number of aromatic nitrogens is 1. The second kappa shape index (κ2) is 4.53. The molecule has 1 aromatic carbocycles. The Morgan fingerprint density at radius 1 is 1.37 bits per heavy atom. The maximum Gasteiger partial charge on any atom is 0.311 e. The van der Waals surface area contributed by atoms with Crippen molar-refractivity contribution in [3.63, 3.8) is 0 Å². The van der Waals surface area contributed by atoms with Crippen LogP contribution in [0.4, 0.5) is 0 Å². The number of carboxylic acid groups (broad SMARTS) is 1. The van der Waals surface area contributed by atoms with E-state index in [0.29, 0.717) is 17.3 Å². The number of carbonyl (C=O) groups is 1. The molecule has 1 heterocycles. The summed E-state index contributed by atoms with van der Waals surface area (Å²) in [4.78, 5) is 15.2. The average Bonchev–Trinajstić information content (AvgIpc) is 2.93. The van der Waals surface area contributed by atoms with Gasteiger partial charge in [0, 0.05) is 12.5 Å². The van der Waals surface area contributed by atoms with Crippen molar-refractivity contribution in [1.29, 1.82) is 0 Å². The molecule has 1 N–H and O–H groups in total. The number of nitrogens with zero attached hydrogens (tertiary/aromatic N) is 1. The van der Waals surface area contributed by atoms with Crippen LogP contribution in [0, 0.1) is 6.92 Å². The van der Waals surface area contributed by atoms with Gasteiger partial charge < -0.3 is 9.52 Å². The lowest BCUT2D eigenvalue weighted by Crippen LogP contribution is -2.00. The standard InChI is InChI=1S/C15H15NO3/c1-9-16-15(13(19-9)8-14(17)18)12-6-5-10-3-2-4-11(10)7-12/h5-7H,2-4,8H2,1H3,(H,17,18). The summed E-state index contributed by atoms with van der Waals surface area (Å²) >= 11 is 0. The molecule has 0 fully saturated rings. The minimum atomic E-state index is -0.904. The first-order chi connectivity index (χ1) is 9.13. The van der Waals surface area contributed by atoms with Crippen LogP contribution in [0.1, 0.15) is 29.2 Å². The molecule has 2 aromatic rings. The molecular weight excluding hydrogens is 242 g/mol. The van der Waals surface area contributed by atoms with Crippen LogP contribution in [0.2, 0.25) is 0 Å². The minimum absolute atomic E-state index is 0.132. The third-order valence-corrected chi connectivity index (χ3v) is 3.49. The van der Waals surface area contributed by atoms with Gasteiger partial charge in [-0.25, -0.2) is 4.98 Å². The second-order valence-corrected chi connectivity index (χ2v) is 4.91. The Kier molecular flexibility index (Phi) is 2.85. The van der Waals surface area contributed by atoms with Crippen molar-refractivity contribution in [3.8, 4) is 11.3 Å². The summed E-state index contributed by atoms with van der Waals surface area (Å²) in [5, 5.41) is 8.91. The van der Waals surface area contributed by atoms with Crippen molar-refractivity contribution >= 4 is 5.97 Å². The summed E-state index contributed by atoms with van der Waals surface area (Å²) in [5.74, 6) is 0.0354. The van der Waals surface area contributed by atoms with Gasteiger partial charge in [0.2, 0.25) is 0 Å². The predicted octanol–water partition coefficient (Wildman–Crippen LogP) is 2.77. The van der Waals surface area contributed by atoms with E-state index in [9.17, 15) is 4.79 Å². The molecule has 1 aliphatic carbocycles. The number of carboxylic acids is 1. The van der Waals surface area contributed by atoms with Gasteiger partial charge in [0.25, 0.3) is 0 Å². The van der Waals surface area contributed by atoms with Gasteiger partial charge in [-0.05, 0) is 36.5 Å². The molecule has 1 aromatic heterocycles. The maximum atomic E-state index is 10.9. The van der Waals surface area contributed by atoms with E-state index in [-0.39, 0.29) is 6.42 Å². The van der Waals surface area contributed by atoms with E-state index in [2.05, 4.69) is 17.1 Å². The van der Waals surface area contributed by atoms with Gasteiger partial charge in [0.05, 0.1) is 0 Å². The largest absolute Gasteiger partial charge is 0.481 e. The van der Waals surface area contributed by atoms with Crippen molar-refractivity contribution in [2.45, 2.75) is 32.6 Å². The summed E-state index contributed by atoms with van der Waals surface area (Å²) in [6.07, 6.45) is 3.29. The van der Waals surface area contributed by atoms with Crippen molar-refractivity contribution in [2.75, 3.05) is 0 Å². The highest BCUT2D eigenvalue weighted by Gasteiger charge is 2.18. The maximum absolute atomic E-state index is 10.9. The topological polar surface area (TPSA) is 63.3 Å². The fraction of sp³-hybridized carbons (Fsp3) is 0.333. The van der Waals surface area contributed by atoms with E-state index in [1.54, 1.807) is 6.92 Å². The molecule has 0 aliphatic heterocycles. The lowest BCUT2D eigenvalue weighted by Gasteiger charge is -2.03. The molecule has 0 atom stereocenters. The van der Waals surface area contributed by atoms with Gasteiger partial charge in [-0.3, -0.25) is 4.79 Å². The highest BCUT2D eigenvalue weighted by atomic mass is 16.4. The van der Waals surface area contributed by atoms with Crippen LogP contribution in [0.15, 0.2) is 22.6 Å². The van der Waals surface area contributed by atoms with Crippen LogP contribution < -0.4 is 0 Å². The first-order valence-electron chi connectivity index (χ1n) is 6.44. The van der Waals surface area contributed by atoms with Gasteiger partial charge in [0.15, 0.2) is 5.89 Å². The Bertz CT molecular complexity index is 643. The van der Waals surface area contributed by atoms with E-state index in [0.717, 1.165) is 18.4 Å². The monoisotopic (exact) mass is 257 g/mol. The first-order valence-corrected chi connectivity index (χ1v) is 6.44. The van der Waals surface area contributed by atoms with Crippen LogP contribution in [0.3, 0.4) is 0 Å². The molecule has 0 spiro atoms. The summed E-state index contributed by atoms with van der Waals surface area (Å²) < 4.78 is 5.41. The van der Waals surface area contributed by atoms with Crippen LogP contribution in [0.5, 0.6) is 0 Å². The van der Waals surface area contributed by atoms with E-state index >= 15 is 0 Å². The number of hydrogen-bond donors (Lipinski definition) is 1. The zero-order valence-electron chi connectivity index (χ0n) is 10.8. The molecule has 1 aliphatic rings. The number of oxazole rings is 1. The van der Waals surface area contributed by atoms with Crippen LogP contribution in [-0.2, 0) is 24.1 Å². The van der Waals surface area contributed by atoms with Crippen molar-refractivity contribution in [2.24, 2.45) is 0 Å². The second-order valence-electron chi connectivity index (χ2n) is 4.91. The zero-order chi connectivity index (χ0) is 13.4. The van der Waals surface area contributed by atoms with Crippen LogP contribution >= 0.6 is 0 Å². The van der Waals surface area contributed by atoms with Gasteiger partial charge in [-0.1, -0.05) is 12.1 Å². The number of aliphatic carboxylic acids is 1. The number of aryl methyl sites for hydroxylation is 3. The Labute approximate surface area is 111 Å². The van der Waals surface area contributed by atoms with Gasteiger partial charge >= 0.3 is 5.97 Å². The molecule has 0 radical (unpaired) electrons. The molecule has 0 saturated carbocycles. The fourth-order valence-electron chi connectivity index (χ4n) is 2.67. The molecule has 98 valence electrons. The molecule has 0 unspecified atom stereocenters. The summed E-state index contributed by atoms with van der Waals surface area (Å²) in [6.45, 7) is 1.74. The molecule has 0 bridgehead atoms. The van der Waals surface area contributed by atoms with Crippen molar-refractivity contribution in [3.05, 3.63) is 41.0 Å². The molecule has 0 saturated heterocycles. The van der Waals surface area contributed by atoms with Gasteiger partial charge in [-0.2, -0.15) is 0 Å². The van der Waals surface area contributed by atoms with Crippen molar-refractivity contribution in [1.82, 2.24) is 4.98 Å². The lowest BCUT2D eigenvalue weighted by molar-refractivity contribution is -0.136. The zero-order valence-corrected chi connectivity index (χ0v) is 10.8. The molecule has 0 amide bonds. The third kappa shape index (κ3) is 2.26. The molecular formula is C15H15NO3. The predicted molar refractivity (Wildman–Crippen MR) is 70.0 cm³/mol. The SMILES string of the molecule is Cc1nc(-c2ccc3c(c2)CCC3)c(CC(=O)O)o1. The van der Waals surface area contributed by atoms with Gasteiger partial charge in [0.1, 0.15) is 17.9 Å². The smallest absolute Gasteiger partial charge is 0.311 e. The number of fused-ring (bicyclic) bond motifs is 1. The van der Waals surface area contributed by atoms with Crippen LogP contribution in [-0.4, -0.2) is 16.1 Å². The Balaban J connectivity index is 2.04. The Morgan fingerprint density at radius 3 is 2.95 bits per heavy atom. The molecule has 19 heavy (non-hydrogen) atoms. The van der Waals surface area contributed by atoms with E-state index in [1.165, 1.54) is 17.5 Å². The minimum Gasteiger partial charge on any atom is -0.481 e. The van der Waals surface area contributed by atoms with E-state index in [4.69, 9.17) is 9.52 Å². The number of hydrogen-bond acceptors (Lipinski definition) is 3.